The summed E-state index contributed by atoms with van der Waals surface area (Å²) >= 11 is 1.74. The molecule has 228 valence electrons. The van der Waals surface area contributed by atoms with Crippen LogP contribution in [0.4, 0.5) is 10.1 Å². The summed E-state index contributed by atoms with van der Waals surface area (Å²) in [5.74, 6) is 0.748. The van der Waals surface area contributed by atoms with E-state index in [9.17, 15) is 14.0 Å². The van der Waals surface area contributed by atoms with Crippen LogP contribution < -0.4 is 4.90 Å². The van der Waals surface area contributed by atoms with Crippen molar-refractivity contribution in [3.05, 3.63) is 82.1 Å². The van der Waals surface area contributed by atoms with Crippen LogP contribution in [-0.2, 0) is 11.2 Å². The van der Waals surface area contributed by atoms with Crippen LogP contribution in [0.25, 0.3) is 11.0 Å². The Morgan fingerprint density at radius 3 is 2.33 bits per heavy atom. The largest absolute Gasteiger partial charge is 0.368 e. The molecule has 1 aliphatic heterocycles. The summed E-state index contributed by atoms with van der Waals surface area (Å²) in [6, 6.07) is 16.9. The number of anilines is 1. The van der Waals surface area contributed by atoms with Crippen LogP contribution in [0.3, 0.4) is 0 Å². The Labute approximate surface area is 258 Å². The lowest BCUT2D eigenvalue weighted by Crippen LogP contribution is -2.50. The van der Waals surface area contributed by atoms with E-state index in [1.165, 1.54) is 17.0 Å². The summed E-state index contributed by atoms with van der Waals surface area (Å²) in [6.45, 7) is 11.2. The van der Waals surface area contributed by atoms with E-state index < -0.39 is 0 Å². The van der Waals surface area contributed by atoms with Crippen molar-refractivity contribution in [3.63, 3.8) is 0 Å². The van der Waals surface area contributed by atoms with Gasteiger partial charge in [0.15, 0.2) is 5.78 Å². The summed E-state index contributed by atoms with van der Waals surface area (Å²) in [6.07, 6.45) is 3.65. The molecule has 3 heterocycles. The first kappa shape index (κ1) is 30.9. The van der Waals surface area contributed by atoms with Crippen LogP contribution in [0.1, 0.15) is 80.5 Å². The number of amides is 1. The maximum atomic E-state index is 13.7. The Kier molecular flexibility index (Phi) is 9.96. The van der Waals surface area contributed by atoms with Crippen molar-refractivity contribution < 1.29 is 14.0 Å². The highest BCUT2D eigenvalue weighted by Crippen LogP contribution is 2.30. The zero-order valence-electron chi connectivity index (χ0n) is 25.8. The van der Waals surface area contributed by atoms with Crippen molar-refractivity contribution in [1.29, 1.82) is 0 Å². The highest BCUT2D eigenvalue weighted by atomic mass is 32.1. The molecule has 1 aliphatic rings. The number of piperazine rings is 1. The Bertz CT molecular complexity index is 1520. The number of hydrogen-bond acceptors (Lipinski definition) is 5. The first-order chi connectivity index (χ1) is 20.8. The van der Waals surface area contributed by atoms with Crippen molar-refractivity contribution in [2.24, 2.45) is 11.8 Å². The number of imidazole rings is 1. The van der Waals surface area contributed by atoms with Crippen LogP contribution in [0.15, 0.2) is 60.0 Å². The summed E-state index contributed by atoms with van der Waals surface area (Å²) < 4.78 is 15.7. The minimum Gasteiger partial charge on any atom is -0.368 e. The van der Waals surface area contributed by atoms with Crippen LogP contribution in [-0.4, -0.2) is 52.3 Å². The Hall–Kier alpha value is -3.52. The molecule has 1 atom stereocenters. The number of fused-ring (bicyclic) bond motifs is 1. The molecule has 0 aliphatic carbocycles. The van der Waals surface area contributed by atoms with Gasteiger partial charge in [-0.3, -0.25) is 9.59 Å². The molecule has 43 heavy (non-hydrogen) atoms. The predicted molar refractivity (Wildman–Crippen MR) is 174 cm³/mol. The van der Waals surface area contributed by atoms with Gasteiger partial charge in [0.2, 0.25) is 5.91 Å². The van der Waals surface area contributed by atoms with Crippen LogP contribution in [0.2, 0.25) is 0 Å². The number of aromatic nitrogens is 2. The Morgan fingerprint density at radius 2 is 1.70 bits per heavy atom. The van der Waals surface area contributed by atoms with Gasteiger partial charge in [0.05, 0.1) is 11.0 Å². The van der Waals surface area contributed by atoms with E-state index in [-0.39, 0.29) is 29.8 Å². The number of carbonyl (C=O) groups is 2. The number of carbonyl (C=O) groups excluding carboxylic acids is 2. The van der Waals surface area contributed by atoms with Gasteiger partial charge >= 0.3 is 0 Å². The maximum absolute atomic E-state index is 13.7. The third kappa shape index (κ3) is 7.18. The molecule has 0 N–H and O–H groups in total. The highest BCUT2D eigenvalue weighted by Gasteiger charge is 2.30. The molecule has 1 amide bonds. The van der Waals surface area contributed by atoms with Gasteiger partial charge < -0.3 is 14.4 Å². The molecule has 8 heteroatoms. The van der Waals surface area contributed by atoms with Gasteiger partial charge in [-0.25, -0.2) is 9.37 Å². The number of hydrogen-bond donors (Lipinski definition) is 0. The molecule has 0 spiro atoms. The molecule has 1 saturated heterocycles. The van der Waals surface area contributed by atoms with Crippen LogP contribution in [0, 0.1) is 17.7 Å². The molecule has 0 radical (unpaired) electrons. The van der Waals surface area contributed by atoms with Crippen LogP contribution in [0.5, 0.6) is 0 Å². The molecule has 0 unspecified atom stereocenters. The molecular formula is C35H43FN4O2S. The van der Waals surface area contributed by atoms with E-state index in [1.54, 1.807) is 23.5 Å². The third-order valence-electron chi connectivity index (χ3n) is 8.62. The Morgan fingerprint density at radius 1 is 0.977 bits per heavy atom. The fourth-order valence-corrected chi connectivity index (χ4v) is 7.06. The zero-order valence-corrected chi connectivity index (χ0v) is 26.6. The van der Waals surface area contributed by atoms with E-state index in [0.29, 0.717) is 50.1 Å². The number of halogens is 1. The topological polar surface area (TPSA) is 58.4 Å². The lowest BCUT2D eigenvalue weighted by molar-refractivity contribution is -0.136. The standard InChI is InChI=1S/C35H43FN4O2S/c1-5-28(6-2)40-32-14-9-25(21-31(32)37-34(40)23-30-8-7-19-43-30)33(41)22-26(20-24(3)4)35(42)39-17-15-38(16-18-39)29-12-10-27(36)11-13-29/h7-14,19,21,24,26,28H,5-6,15-18,20,22-23H2,1-4H3/t26-/m1/s1. The molecule has 5 rings (SSSR count). The van der Waals surface area contributed by atoms with Gasteiger partial charge in [0, 0.05) is 67.1 Å². The smallest absolute Gasteiger partial charge is 0.226 e. The van der Waals surface area contributed by atoms with Gasteiger partial charge in [-0.15, -0.1) is 11.3 Å². The molecule has 0 saturated carbocycles. The lowest BCUT2D eigenvalue weighted by Gasteiger charge is -2.37. The van der Waals surface area contributed by atoms with Gasteiger partial charge in [-0.05, 0) is 79.1 Å². The van der Waals surface area contributed by atoms with E-state index in [1.807, 2.05) is 23.1 Å². The van der Waals surface area contributed by atoms with Crippen molar-refractivity contribution in [1.82, 2.24) is 14.5 Å². The molecule has 0 bridgehead atoms. The van der Waals surface area contributed by atoms with Crippen molar-refractivity contribution >= 4 is 39.7 Å². The molecular weight excluding hydrogens is 559 g/mol. The molecule has 2 aromatic heterocycles. The number of ketones is 1. The van der Waals surface area contributed by atoms with Crippen molar-refractivity contribution in [3.8, 4) is 0 Å². The second-order valence-electron chi connectivity index (χ2n) is 12.1. The minimum atomic E-state index is -0.364. The quantitative estimate of drug-likeness (QED) is 0.156. The lowest BCUT2D eigenvalue weighted by atomic mass is 9.89. The second-order valence-corrected chi connectivity index (χ2v) is 13.1. The third-order valence-corrected chi connectivity index (χ3v) is 9.50. The molecule has 1 fully saturated rings. The average Bonchev–Trinajstić information content (AvgIpc) is 3.65. The van der Waals surface area contributed by atoms with Crippen molar-refractivity contribution in [2.75, 3.05) is 31.1 Å². The van der Waals surface area contributed by atoms with E-state index in [2.05, 4.69) is 54.7 Å². The van der Waals surface area contributed by atoms with Gasteiger partial charge in [0.25, 0.3) is 0 Å². The fourth-order valence-electron chi connectivity index (χ4n) is 6.35. The predicted octanol–water partition coefficient (Wildman–Crippen LogP) is 7.77. The summed E-state index contributed by atoms with van der Waals surface area (Å²) in [4.78, 5) is 37.8. The Balaban J connectivity index is 1.32. The monoisotopic (exact) mass is 602 g/mol. The fraction of sp³-hybridized carbons (Fsp3) is 0.457. The number of rotatable bonds is 12. The summed E-state index contributed by atoms with van der Waals surface area (Å²) in [5, 5.41) is 2.09. The van der Waals surface area contributed by atoms with Gasteiger partial charge in [0.1, 0.15) is 11.6 Å². The molecule has 6 nitrogen and oxygen atoms in total. The molecule has 2 aromatic carbocycles. The van der Waals surface area contributed by atoms with E-state index in [4.69, 9.17) is 4.98 Å². The summed E-state index contributed by atoms with van der Waals surface area (Å²) in [5.41, 5.74) is 3.48. The number of thiophene rings is 1. The molecule has 4 aromatic rings. The van der Waals surface area contributed by atoms with E-state index >= 15 is 0 Å². The second kappa shape index (κ2) is 13.8. The normalized spacial score (nSPS) is 14.7. The SMILES string of the molecule is CCC(CC)n1c(Cc2cccs2)nc2cc(C(=O)C[C@@H](CC(C)C)C(=O)N3CCN(c4ccc(F)cc4)CC3)ccc21. The number of benzene rings is 2. The van der Waals surface area contributed by atoms with Gasteiger partial charge in [-0.1, -0.05) is 33.8 Å². The first-order valence-electron chi connectivity index (χ1n) is 15.6. The van der Waals surface area contributed by atoms with Gasteiger partial charge in [-0.2, -0.15) is 0 Å². The summed E-state index contributed by atoms with van der Waals surface area (Å²) in [7, 11) is 0. The number of Topliss-reactive ketones (excluding diaryl/α,β-unsaturated/α-hetero) is 1. The minimum absolute atomic E-state index is 0.0114. The zero-order chi connectivity index (χ0) is 30.5. The first-order valence-corrected chi connectivity index (χ1v) is 16.5. The van der Waals surface area contributed by atoms with Crippen LogP contribution >= 0.6 is 11.3 Å². The maximum Gasteiger partial charge on any atom is 0.226 e. The van der Waals surface area contributed by atoms with Crippen molar-refractivity contribution in [2.45, 2.75) is 65.8 Å². The van der Waals surface area contributed by atoms with E-state index in [0.717, 1.165) is 41.8 Å². The number of nitrogens with zero attached hydrogens (tertiary/aromatic N) is 4. The average molecular weight is 603 g/mol. The highest BCUT2D eigenvalue weighted by molar-refractivity contribution is 7.09.